The van der Waals surface area contributed by atoms with Crippen LogP contribution in [-0.2, 0) is 35.1 Å². The molecule has 13 heteroatoms. The predicted octanol–water partition coefficient (Wildman–Crippen LogP) is 0.300. The van der Waals surface area contributed by atoms with E-state index < -0.39 is 66.5 Å². The molecular formula is C31H41N5O8. The molecule has 1 fully saturated rings. The number of amides is 4. The zero-order valence-corrected chi connectivity index (χ0v) is 25.1. The molecule has 2 aromatic carbocycles. The molecule has 1 saturated heterocycles. The number of aliphatic carboxylic acids is 1. The van der Waals surface area contributed by atoms with E-state index >= 15 is 0 Å². The maximum absolute atomic E-state index is 13.0. The zero-order chi connectivity index (χ0) is 32.2. The summed E-state index contributed by atoms with van der Waals surface area (Å²) in [6.45, 7) is 4.70. The Morgan fingerprint density at radius 2 is 1.55 bits per heavy atom. The van der Waals surface area contributed by atoms with Gasteiger partial charge in [0.15, 0.2) is 12.2 Å². The van der Waals surface area contributed by atoms with Crippen molar-refractivity contribution in [2.24, 2.45) is 5.92 Å². The number of carboxylic acids is 1. The maximum atomic E-state index is 13.0. The second-order valence-corrected chi connectivity index (χ2v) is 10.9. The van der Waals surface area contributed by atoms with Gasteiger partial charge in [-0.3, -0.25) is 29.4 Å². The number of aliphatic hydroxyl groups excluding tert-OH is 1. The first-order chi connectivity index (χ1) is 21.0. The van der Waals surface area contributed by atoms with Crippen LogP contribution in [0.4, 0.5) is 0 Å². The van der Waals surface area contributed by atoms with Gasteiger partial charge in [0.1, 0.15) is 12.6 Å². The molecule has 3 rings (SSSR count). The highest BCUT2D eigenvalue weighted by Crippen LogP contribution is 2.24. The van der Waals surface area contributed by atoms with Crippen LogP contribution in [0, 0.1) is 5.92 Å². The largest absolute Gasteiger partial charge is 0.480 e. The second-order valence-electron chi connectivity index (χ2n) is 10.9. The highest BCUT2D eigenvalue weighted by atomic mass is 16.6. The van der Waals surface area contributed by atoms with Crippen molar-refractivity contribution >= 4 is 29.6 Å². The minimum Gasteiger partial charge on any atom is -0.480 e. The SMILES string of the molecule is CC(NC(=O)C(NCCCc1ccccc1)C(C)C)C(=O)NN(CC(=O)O)C(=O)[C@@H]1O[C@H]1C(=O)NCC(O)c1ccccc1. The summed E-state index contributed by atoms with van der Waals surface area (Å²) >= 11 is 0. The van der Waals surface area contributed by atoms with Gasteiger partial charge < -0.3 is 30.9 Å². The summed E-state index contributed by atoms with van der Waals surface area (Å²) in [6, 6.07) is 16.9. The number of epoxide rings is 1. The monoisotopic (exact) mass is 611 g/mol. The van der Waals surface area contributed by atoms with Gasteiger partial charge in [0.05, 0.1) is 12.1 Å². The van der Waals surface area contributed by atoms with E-state index in [0.29, 0.717) is 17.1 Å². The average molecular weight is 612 g/mol. The van der Waals surface area contributed by atoms with E-state index in [1.54, 1.807) is 30.3 Å². The topological polar surface area (TPSA) is 190 Å². The Bertz CT molecular complexity index is 1280. The smallest absolute Gasteiger partial charge is 0.325 e. The molecule has 0 radical (unpaired) electrons. The number of nitrogens with zero attached hydrogens (tertiary/aromatic N) is 1. The lowest BCUT2D eigenvalue weighted by molar-refractivity contribution is -0.151. The number of carbonyl (C=O) groups is 5. The second kappa shape index (κ2) is 16.5. The van der Waals surface area contributed by atoms with E-state index in [1.165, 1.54) is 12.5 Å². The van der Waals surface area contributed by atoms with Gasteiger partial charge in [0, 0.05) is 6.54 Å². The van der Waals surface area contributed by atoms with Crippen LogP contribution < -0.4 is 21.4 Å². The predicted molar refractivity (Wildman–Crippen MR) is 160 cm³/mol. The van der Waals surface area contributed by atoms with Crippen LogP contribution in [0.25, 0.3) is 0 Å². The molecule has 1 heterocycles. The molecule has 13 nitrogen and oxygen atoms in total. The van der Waals surface area contributed by atoms with Crippen LogP contribution >= 0.6 is 0 Å². The lowest BCUT2D eigenvalue weighted by atomic mass is 10.0. The molecular weight excluding hydrogens is 570 g/mol. The fourth-order valence-corrected chi connectivity index (χ4v) is 4.48. The lowest BCUT2D eigenvalue weighted by Gasteiger charge is -2.26. The van der Waals surface area contributed by atoms with E-state index in [0.717, 1.165) is 12.8 Å². The number of carbonyl (C=O) groups excluding carboxylic acids is 4. The van der Waals surface area contributed by atoms with Crippen LogP contribution in [0.2, 0.25) is 0 Å². The molecule has 0 saturated carbocycles. The highest BCUT2D eigenvalue weighted by molar-refractivity contribution is 5.97. The summed E-state index contributed by atoms with van der Waals surface area (Å²) < 4.78 is 5.17. The van der Waals surface area contributed by atoms with Gasteiger partial charge in [-0.2, -0.15) is 0 Å². The molecule has 0 aromatic heterocycles. The zero-order valence-electron chi connectivity index (χ0n) is 25.1. The van der Waals surface area contributed by atoms with Crippen LogP contribution in [0.1, 0.15) is 44.4 Å². The number of carboxylic acid groups (broad SMARTS) is 1. The number of rotatable bonds is 16. The summed E-state index contributed by atoms with van der Waals surface area (Å²) in [5, 5.41) is 28.4. The molecule has 44 heavy (non-hydrogen) atoms. The third-order valence-corrected chi connectivity index (χ3v) is 7.00. The van der Waals surface area contributed by atoms with Crippen molar-refractivity contribution in [3.8, 4) is 0 Å². The lowest BCUT2D eigenvalue weighted by Crippen LogP contribution is -2.58. The molecule has 0 bridgehead atoms. The highest BCUT2D eigenvalue weighted by Gasteiger charge is 2.52. The van der Waals surface area contributed by atoms with E-state index in [2.05, 4.69) is 21.4 Å². The van der Waals surface area contributed by atoms with Crippen LogP contribution in [-0.4, -0.2) is 88.7 Å². The molecule has 3 unspecified atom stereocenters. The number of nitrogens with one attached hydrogen (secondary N) is 4. The Balaban J connectivity index is 1.48. The van der Waals surface area contributed by atoms with Gasteiger partial charge in [-0.15, -0.1) is 0 Å². The van der Waals surface area contributed by atoms with E-state index in [9.17, 15) is 34.2 Å². The molecule has 2 aromatic rings. The number of benzene rings is 2. The van der Waals surface area contributed by atoms with Crippen LogP contribution in [0.15, 0.2) is 60.7 Å². The third kappa shape index (κ3) is 10.4. The fourth-order valence-electron chi connectivity index (χ4n) is 4.48. The number of aryl methyl sites for hydroxylation is 1. The molecule has 4 amide bonds. The molecule has 238 valence electrons. The molecule has 1 aliphatic rings. The van der Waals surface area contributed by atoms with Gasteiger partial charge in [0.25, 0.3) is 17.7 Å². The quantitative estimate of drug-likeness (QED) is 0.0881. The van der Waals surface area contributed by atoms with Crippen molar-refractivity contribution in [1.82, 2.24) is 26.4 Å². The van der Waals surface area contributed by atoms with Crippen molar-refractivity contribution in [2.75, 3.05) is 19.6 Å². The van der Waals surface area contributed by atoms with Gasteiger partial charge in [-0.1, -0.05) is 74.5 Å². The van der Waals surface area contributed by atoms with E-state index in [1.807, 2.05) is 44.2 Å². The maximum Gasteiger partial charge on any atom is 0.325 e. The van der Waals surface area contributed by atoms with Gasteiger partial charge in [-0.25, -0.2) is 5.01 Å². The summed E-state index contributed by atoms with van der Waals surface area (Å²) in [5.41, 5.74) is 4.00. The van der Waals surface area contributed by atoms with E-state index in [-0.39, 0.29) is 12.5 Å². The van der Waals surface area contributed by atoms with Crippen molar-refractivity contribution < 1.29 is 38.9 Å². The fraction of sp³-hybridized carbons (Fsp3) is 0.452. The van der Waals surface area contributed by atoms with Crippen LogP contribution in [0.5, 0.6) is 0 Å². The molecule has 6 N–H and O–H groups in total. The minimum atomic E-state index is -1.41. The standard InChI is InChI=1S/C31H41N5O8/c1-19(2)25(32-16-10-13-21-11-6-4-7-12-21)29(41)34-20(3)28(40)35-36(18-24(38)39)31(43)27-26(44-27)30(42)33-17-23(37)22-14-8-5-9-15-22/h4-9,11-12,14-15,19-20,23,25-27,32,37H,10,13,16-18H2,1-3H3,(H,33,42)(H,34,41)(H,35,40)(H,38,39)/t20?,23?,25?,26-,27-/m1/s1. The van der Waals surface area contributed by atoms with Crippen molar-refractivity contribution in [3.05, 3.63) is 71.8 Å². The number of hydrazine groups is 1. The summed E-state index contributed by atoms with van der Waals surface area (Å²) in [6.07, 6.45) is -1.87. The average Bonchev–Trinajstić information content (AvgIpc) is 3.80. The van der Waals surface area contributed by atoms with Crippen molar-refractivity contribution in [1.29, 1.82) is 0 Å². The number of hydrogen-bond acceptors (Lipinski definition) is 8. The first kappa shape index (κ1) is 34.2. The van der Waals surface area contributed by atoms with Crippen molar-refractivity contribution in [3.63, 3.8) is 0 Å². The number of hydrogen-bond donors (Lipinski definition) is 6. The molecule has 0 aliphatic carbocycles. The third-order valence-electron chi connectivity index (χ3n) is 7.00. The molecule has 1 aliphatic heterocycles. The number of aliphatic hydroxyl groups is 1. The van der Waals surface area contributed by atoms with Gasteiger partial charge in [0.2, 0.25) is 5.91 Å². The summed E-state index contributed by atoms with van der Waals surface area (Å²) in [7, 11) is 0. The van der Waals surface area contributed by atoms with Gasteiger partial charge >= 0.3 is 5.97 Å². The Hall–Kier alpha value is -4.33. The Morgan fingerprint density at radius 1 is 0.909 bits per heavy atom. The number of ether oxygens (including phenoxy) is 1. The first-order valence-corrected chi connectivity index (χ1v) is 14.6. The minimum absolute atomic E-state index is 0.0871. The Labute approximate surface area is 256 Å². The Kier molecular flexibility index (Phi) is 12.8. The molecule has 0 spiro atoms. The Morgan fingerprint density at radius 3 is 2.16 bits per heavy atom. The van der Waals surface area contributed by atoms with Gasteiger partial charge in [-0.05, 0) is 43.4 Å². The first-order valence-electron chi connectivity index (χ1n) is 14.6. The van der Waals surface area contributed by atoms with Crippen molar-refractivity contribution in [2.45, 2.75) is 64.0 Å². The van der Waals surface area contributed by atoms with Crippen LogP contribution in [0.3, 0.4) is 0 Å². The summed E-state index contributed by atoms with van der Waals surface area (Å²) in [4.78, 5) is 62.7. The molecule has 5 atom stereocenters. The normalized spacial score (nSPS) is 17.6. The summed E-state index contributed by atoms with van der Waals surface area (Å²) in [5.74, 6) is -4.36. The van der Waals surface area contributed by atoms with E-state index in [4.69, 9.17) is 4.74 Å².